The number of aliphatic hydroxyl groups excluding tert-OH is 1. The largest absolute Gasteiger partial charge is 0.396 e. The van der Waals surface area contributed by atoms with E-state index in [1.54, 1.807) is 12.1 Å². The van der Waals surface area contributed by atoms with E-state index in [1.165, 1.54) is 0 Å². The van der Waals surface area contributed by atoms with Crippen molar-refractivity contribution >= 4 is 17.5 Å². The van der Waals surface area contributed by atoms with Gasteiger partial charge in [-0.05, 0) is 43.4 Å². The second-order valence-corrected chi connectivity index (χ2v) is 5.31. The van der Waals surface area contributed by atoms with E-state index in [9.17, 15) is 4.79 Å². The van der Waals surface area contributed by atoms with Gasteiger partial charge in [-0.2, -0.15) is 0 Å². The van der Waals surface area contributed by atoms with Gasteiger partial charge in [-0.25, -0.2) is 0 Å². The number of carbonyl (C=O) groups is 1. The Bertz CT molecular complexity index is 439. The summed E-state index contributed by atoms with van der Waals surface area (Å²) in [7, 11) is 0. The van der Waals surface area contributed by atoms with Crippen LogP contribution >= 0.6 is 11.6 Å². The Labute approximate surface area is 112 Å². The second kappa shape index (κ2) is 5.72. The molecule has 1 aromatic rings. The highest BCUT2D eigenvalue weighted by molar-refractivity contribution is 6.31. The summed E-state index contributed by atoms with van der Waals surface area (Å²) in [4.78, 5) is 14.2. The number of likely N-dealkylation sites (tertiary alicyclic amines) is 1. The molecule has 0 bridgehead atoms. The molecule has 1 aliphatic rings. The van der Waals surface area contributed by atoms with Crippen molar-refractivity contribution in [2.75, 3.05) is 19.7 Å². The number of hydrogen-bond donors (Lipinski definition) is 1. The zero-order valence-electron chi connectivity index (χ0n) is 10.5. The van der Waals surface area contributed by atoms with Crippen LogP contribution in [0.5, 0.6) is 0 Å². The number of halogens is 1. The van der Waals surface area contributed by atoms with E-state index in [2.05, 4.69) is 0 Å². The van der Waals surface area contributed by atoms with Gasteiger partial charge in [-0.15, -0.1) is 0 Å². The Morgan fingerprint density at radius 2 is 2.11 bits per heavy atom. The summed E-state index contributed by atoms with van der Waals surface area (Å²) in [6, 6.07) is 5.40. The Hall–Kier alpha value is -1.06. The summed E-state index contributed by atoms with van der Waals surface area (Å²) in [6.45, 7) is 3.58. The molecule has 4 heteroatoms. The molecule has 3 nitrogen and oxygen atoms in total. The van der Waals surface area contributed by atoms with Crippen LogP contribution in [-0.4, -0.2) is 35.6 Å². The van der Waals surface area contributed by atoms with E-state index in [0.717, 1.165) is 31.5 Å². The highest BCUT2D eigenvalue weighted by Gasteiger charge is 2.24. The van der Waals surface area contributed by atoms with Crippen molar-refractivity contribution in [3.05, 3.63) is 34.3 Å². The minimum Gasteiger partial charge on any atom is -0.396 e. The number of amides is 1. The minimum absolute atomic E-state index is 0.0476. The van der Waals surface area contributed by atoms with Crippen LogP contribution in [0.15, 0.2) is 18.2 Å². The van der Waals surface area contributed by atoms with Crippen LogP contribution in [0.3, 0.4) is 0 Å². The molecule has 98 valence electrons. The average molecular weight is 268 g/mol. The maximum absolute atomic E-state index is 12.4. The van der Waals surface area contributed by atoms with Gasteiger partial charge in [0, 0.05) is 30.3 Å². The first-order valence-electron chi connectivity index (χ1n) is 6.28. The van der Waals surface area contributed by atoms with E-state index in [1.807, 2.05) is 17.9 Å². The number of piperidine rings is 1. The lowest BCUT2D eigenvalue weighted by atomic mass is 9.97. The predicted molar refractivity (Wildman–Crippen MR) is 71.9 cm³/mol. The fraction of sp³-hybridized carbons (Fsp3) is 0.500. The molecule has 0 unspecified atom stereocenters. The second-order valence-electron chi connectivity index (χ2n) is 4.88. The van der Waals surface area contributed by atoms with Crippen molar-refractivity contribution in [1.29, 1.82) is 0 Å². The molecule has 0 atom stereocenters. The lowest BCUT2D eigenvalue weighted by Crippen LogP contribution is -2.39. The Morgan fingerprint density at radius 1 is 1.44 bits per heavy atom. The molecule has 1 saturated heterocycles. The molecule has 18 heavy (non-hydrogen) atoms. The molecule has 0 saturated carbocycles. The fourth-order valence-electron chi connectivity index (χ4n) is 2.31. The molecule has 1 aliphatic heterocycles. The topological polar surface area (TPSA) is 40.5 Å². The first-order chi connectivity index (χ1) is 8.61. The van der Waals surface area contributed by atoms with E-state index in [-0.39, 0.29) is 12.5 Å². The molecule has 2 rings (SSSR count). The van der Waals surface area contributed by atoms with Crippen LogP contribution < -0.4 is 0 Å². The number of rotatable bonds is 2. The lowest BCUT2D eigenvalue weighted by Gasteiger charge is -2.31. The summed E-state index contributed by atoms with van der Waals surface area (Å²) < 4.78 is 0. The van der Waals surface area contributed by atoms with Crippen LogP contribution in [0.25, 0.3) is 0 Å². The van der Waals surface area contributed by atoms with Gasteiger partial charge in [0.25, 0.3) is 5.91 Å². The number of carbonyl (C=O) groups excluding carboxylic acids is 1. The molecule has 1 amide bonds. The van der Waals surface area contributed by atoms with Gasteiger partial charge in [0.1, 0.15) is 0 Å². The molecule has 0 aromatic heterocycles. The van der Waals surface area contributed by atoms with Gasteiger partial charge < -0.3 is 10.0 Å². The van der Waals surface area contributed by atoms with Crippen molar-refractivity contribution in [3.63, 3.8) is 0 Å². The third-order valence-electron chi connectivity index (χ3n) is 3.59. The molecular weight excluding hydrogens is 250 g/mol. The smallest absolute Gasteiger partial charge is 0.254 e. The highest BCUT2D eigenvalue weighted by atomic mass is 35.5. The molecule has 1 heterocycles. The van der Waals surface area contributed by atoms with Crippen LogP contribution in [-0.2, 0) is 0 Å². The number of aryl methyl sites for hydroxylation is 1. The molecule has 1 fully saturated rings. The van der Waals surface area contributed by atoms with Crippen molar-refractivity contribution in [2.45, 2.75) is 19.8 Å². The van der Waals surface area contributed by atoms with E-state index in [4.69, 9.17) is 16.7 Å². The summed E-state index contributed by atoms with van der Waals surface area (Å²) in [5.74, 6) is 0.390. The molecule has 1 aromatic carbocycles. The van der Waals surface area contributed by atoms with Crippen LogP contribution in [0, 0.1) is 12.8 Å². The first kappa shape index (κ1) is 13.4. The monoisotopic (exact) mass is 267 g/mol. The van der Waals surface area contributed by atoms with E-state index >= 15 is 0 Å². The predicted octanol–water partition coefficient (Wildman–Crippen LogP) is 2.49. The Morgan fingerprint density at radius 3 is 2.72 bits per heavy atom. The average Bonchev–Trinajstić information content (AvgIpc) is 2.41. The third-order valence-corrected chi connectivity index (χ3v) is 3.83. The molecule has 0 aliphatic carbocycles. The minimum atomic E-state index is 0.0476. The standard InChI is InChI=1S/C14H18ClNO2/c1-10-2-3-12(15)8-13(10)14(18)16-6-4-11(9-17)5-7-16/h2-3,8,11,17H,4-7,9H2,1H3. The summed E-state index contributed by atoms with van der Waals surface area (Å²) in [6.07, 6.45) is 1.75. The van der Waals surface area contributed by atoms with E-state index < -0.39 is 0 Å². The van der Waals surface area contributed by atoms with Crippen molar-refractivity contribution in [1.82, 2.24) is 4.90 Å². The SMILES string of the molecule is Cc1ccc(Cl)cc1C(=O)N1CCC(CO)CC1. The van der Waals surface area contributed by atoms with Crippen molar-refractivity contribution < 1.29 is 9.90 Å². The zero-order valence-corrected chi connectivity index (χ0v) is 11.3. The summed E-state index contributed by atoms with van der Waals surface area (Å²) in [5.41, 5.74) is 1.64. The first-order valence-corrected chi connectivity index (χ1v) is 6.66. The summed E-state index contributed by atoms with van der Waals surface area (Å²) in [5, 5.41) is 9.68. The highest BCUT2D eigenvalue weighted by Crippen LogP contribution is 2.21. The lowest BCUT2D eigenvalue weighted by molar-refractivity contribution is 0.0650. The molecular formula is C14H18ClNO2. The van der Waals surface area contributed by atoms with Gasteiger partial charge in [0.05, 0.1) is 0 Å². The number of aliphatic hydroxyl groups is 1. The van der Waals surface area contributed by atoms with Gasteiger partial charge in [-0.3, -0.25) is 4.79 Å². The molecule has 1 N–H and O–H groups in total. The van der Waals surface area contributed by atoms with Gasteiger partial charge in [0.2, 0.25) is 0 Å². The van der Waals surface area contributed by atoms with Crippen LogP contribution in [0.2, 0.25) is 5.02 Å². The van der Waals surface area contributed by atoms with Gasteiger partial charge >= 0.3 is 0 Å². The number of hydrogen-bond acceptors (Lipinski definition) is 2. The maximum atomic E-state index is 12.4. The van der Waals surface area contributed by atoms with Crippen molar-refractivity contribution in [3.8, 4) is 0 Å². The van der Waals surface area contributed by atoms with Crippen LogP contribution in [0.1, 0.15) is 28.8 Å². The third kappa shape index (κ3) is 2.85. The maximum Gasteiger partial charge on any atom is 0.254 e. The zero-order chi connectivity index (χ0) is 13.1. The van der Waals surface area contributed by atoms with Crippen LogP contribution in [0.4, 0.5) is 0 Å². The number of benzene rings is 1. The van der Waals surface area contributed by atoms with Gasteiger partial charge in [0.15, 0.2) is 0 Å². The number of nitrogens with zero attached hydrogens (tertiary/aromatic N) is 1. The van der Waals surface area contributed by atoms with Gasteiger partial charge in [-0.1, -0.05) is 17.7 Å². The fourth-order valence-corrected chi connectivity index (χ4v) is 2.49. The van der Waals surface area contributed by atoms with E-state index in [0.29, 0.717) is 16.5 Å². The Kier molecular flexibility index (Phi) is 4.25. The normalized spacial score (nSPS) is 16.9. The quantitative estimate of drug-likeness (QED) is 0.894. The molecule has 0 radical (unpaired) electrons. The Balaban J connectivity index is 2.10. The summed E-state index contributed by atoms with van der Waals surface area (Å²) >= 11 is 5.94. The van der Waals surface area contributed by atoms with Crippen molar-refractivity contribution in [2.24, 2.45) is 5.92 Å². The molecule has 0 spiro atoms.